The van der Waals surface area contributed by atoms with E-state index in [2.05, 4.69) is 20.4 Å². The van der Waals surface area contributed by atoms with Gasteiger partial charge in [0.25, 0.3) is 0 Å². The number of nitrogens with zero attached hydrogens (tertiary/aromatic N) is 2. The van der Waals surface area contributed by atoms with E-state index in [4.69, 9.17) is 9.26 Å². The molecule has 0 radical (unpaired) electrons. The van der Waals surface area contributed by atoms with Crippen LogP contribution in [0.15, 0.2) is 53.3 Å². The number of nitrogens with one attached hydrogen (secondary N) is 2. The maximum Gasteiger partial charge on any atom is 0.230 e. The number of fused-ring (bicyclic) bond motifs is 1. The molecule has 8 nitrogen and oxygen atoms in total. The van der Waals surface area contributed by atoms with Crippen molar-refractivity contribution in [1.82, 2.24) is 15.1 Å². The fourth-order valence-corrected chi connectivity index (χ4v) is 3.87. The van der Waals surface area contributed by atoms with Gasteiger partial charge in [0, 0.05) is 40.4 Å². The molecular weight excluding hydrogens is 420 g/mol. The summed E-state index contributed by atoms with van der Waals surface area (Å²) in [7, 11) is 0. The smallest absolute Gasteiger partial charge is 0.230 e. The van der Waals surface area contributed by atoms with Crippen molar-refractivity contribution in [3.05, 3.63) is 65.7 Å². The van der Waals surface area contributed by atoms with Gasteiger partial charge in [-0.05, 0) is 17.2 Å². The Balaban J connectivity index is 1.29. The highest BCUT2D eigenvalue weighted by molar-refractivity contribution is 5.91. The predicted molar refractivity (Wildman–Crippen MR) is 124 cm³/mol. The minimum atomic E-state index is -0.965. The van der Waals surface area contributed by atoms with Crippen LogP contribution in [0.1, 0.15) is 37.7 Å². The number of H-pyrrole nitrogens is 1. The van der Waals surface area contributed by atoms with E-state index >= 15 is 0 Å². The second-order valence-corrected chi connectivity index (χ2v) is 9.60. The number of pyridine rings is 1. The molecule has 1 fully saturated rings. The lowest BCUT2D eigenvalue weighted by atomic mass is 9.91. The van der Waals surface area contributed by atoms with Gasteiger partial charge in [0.2, 0.25) is 5.91 Å². The van der Waals surface area contributed by atoms with Crippen molar-refractivity contribution in [1.29, 1.82) is 0 Å². The van der Waals surface area contributed by atoms with Crippen LogP contribution in [0.25, 0.3) is 22.2 Å². The molecule has 170 valence electrons. The Bertz CT molecular complexity index is 1310. The van der Waals surface area contributed by atoms with Crippen molar-refractivity contribution in [2.45, 2.75) is 38.2 Å². The first-order chi connectivity index (χ1) is 15.7. The van der Waals surface area contributed by atoms with Crippen LogP contribution in [0.4, 0.5) is 5.82 Å². The van der Waals surface area contributed by atoms with Gasteiger partial charge < -0.3 is 24.7 Å². The zero-order chi connectivity index (χ0) is 23.2. The lowest BCUT2D eigenvalue weighted by molar-refractivity contribution is -0.183. The number of hydrogen-bond donors (Lipinski definition) is 3. The number of carbonyl (C=O) groups is 1. The average molecular weight is 447 g/mol. The number of amides is 1. The van der Waals surface area contributed by atoms with E-state index in [1.807, 2.05) is 51.1 Å². The number of aromatic nitrogens is 3. The van der Waals surface area contributed by atoms with E-state index < -0.39 is 5.60 Å². The van der Waals surface area contributed by atoms with Gasteiger partial charge >= 0.3 is 0 Å². The van der Waals surface area contributed by atoms with Crippen LogP contribution < -0.4 is 5.32 Å². The fourth-order valence-electron chi connectivity index (χ4n) is 3.87. The molecule has 5 rings (SSSR count). The van der Waals surface area contributed by atoms with E-state index in [9.17, 15) is 9.90 Å². The summed E-state index contributed by atoms with van der Waals surface area (Å²) in [5.41, 5.74) is 3.18. The van der Waals surface area contributed by atoms with Crippen LogP contribution in [0.3, 0.4) is 0 Å². The van der Waals surface area contributed by atoms with E-state index in [1.165, 1.54) is 0 Å². The van der Waals surface area contributed by atoms with Crippen LogP contribution in [0.5, 0.6) is 0 Å². The first-order valence-corrected chi connectivity index (χ1v) is 10.9. The molecule has 8 heteroatoms. The Kier molecular flexibility index (Phi) is 5.07. The minimum absolute atomic E-state index is 0.160. The highest BCUT2D eigenvalue weighted by Crippen LogP contribution is 2.35. The Labute approximate surface area is 191 Å². The SMILES string of the molecule is CC(C)(C)c1cc(NC(=O)Cc2ccc(-c3cnc4[nH]cc(C5(O)COC5)c4c3)cc2)no1. The monoisotopic (exact) mass is 446 g/mol. The summed E-state index contributed by atoms with van der Waals surface area (Å²) in [5, 5.41) is 18.3. The molecule has 4 aromatic rings. The lowest BCUT2D eigenvalue weighted by Crippen LogP contribution is -2.46. The van der Waals surface area contributed by atoms with Crippen LogP contribution in [0.2, 0.25) is 0 Å². The molecule has 33 heavy (non-hydrogen) atoms. The third-order valence-electron chi connectivity index (χ3n) is 5.88. The highest BCUT2D eigenvalue weighted by atomic mass is 16.5. The number of rotatable bonds is 5. The van der Waals surface area contributed by atoms with Crippen molar-refractivity contribution in [3.8, 4) is 11.1 Å². The molecule has 0 saturated carbocycles. The summed E-state index contributed by atoms with van der Waals surface area (Å²) in [6, 6.07) is 11.6. The maximum atomic E-state index is 12.4. The van der Waals surface area contributed by atoms with Crippen molar-refractivity contribution in [3.63, 3.8) is 0 Å². The molecule has 3 N–H and O–H groups in total. The summed E-state index contributed by atoms with van der Waals surface area (Å²) in [6.45, 7) is 6.64. The normalized spacial score (nSPS) is 15.4. The Hall–Kier alpha value is -3.49. The second kappa shape index (κ2) is 7.83. The zero-order valence-electron chi connectivity index (χ0n) is 18.8. The van der Waals surface area contributed by atoms with Gasteiger partial charge in [0.1, 0.15) is 17.0 Å². The fraction of sp³-hybridized carbons (Fsp3) is 0.320. The predicted octanol–water partition coefficient (Wildman–Crippen LogP) is 3.91. The zero-order valence-corrected chi connectivity index (χ0v) is 18.8. The van der Waals surface area contributed by atoms with Crippen LogP contribution in [-0.2, 0) is 27.0 Å². The molecule has 0 bridgehead atoms. The second-order valence-electron chi connectivity index (χ2n) is 9.60. The molecule has 4 heterocycles. The highest BCUT2D eigenvalue weighted by Gasteiger charge is 2.40. The Morgan fingerprint density at radius 2 is 1.94 bits per heavy atom. The number of ether oxygens (including phenoxy) is 1. The van der Waals surface area contributed by atoms with E-state index in [-0.39, 0.29) is 31.0 Å². The largest absolute Gasteiger partial charge is 0.380 e. The Morgan fingerprint density at radius 3 is 2.58 bits per heavy atom. The first kappa shape index (κ1) is 21.4. The molecule has 3 aromatic heterocycles. The van der Waals surface area contributed by atoms with Gasteiger partial charge in [-0.1, -0.05) is 50.2 Å². The van der Waals surface area contributed by atoms with E-state index in [0.717, 1.165) is 39.0 Å². The number of hydrogen-bond acceptors (Lipinski definition) is 6. The molecule has 1 aliphatic rings. The summed E-state index contributed by atoms with van der Waals surface area (Å²) in [4.78, 5) is 20.1. The van der Waals surface area contributed by atoms with Gasteiger partial charge in [0.15, 0.2) is 5.82 Å². The topological polar surface area (TPSA) is 113 Å². The van der Waals surface area contributed by atoms with Crippen molar-refractivity contribution < 1.29 is 19.2 Å². The van der Waals surface area contributed by atoms with Crippen molar-refractivity contribution in [2.75, 3.05) is 18.5 Å². The third-order valence-corrected chi connectivity index (χ3v) is 5.88. The molecule has 1 aliphatic heterocycles. The van der Waals surface area contributed by atoms with Crippen LogP contribution in [-0.4, -0.2) is 39.4 Å². The van der Waals surface area contributed by atoms with Crippen molar-refractivity contribution in [2.24, 2.45) is 0 Å². The molecule has 1 aromatic carbocycles. The molecule has 0 spiro atoms. The standard InChI is InChI=1S/C25H26N4O4/c1-24(2,3)20-10-21(29-33-20)28-22(30)8-15-4-6-16(7-5-15)17-9-18-19(25(31)13-32-14-25)12-27-23(18)26-11-17/h4-7,9-12,31H,8,13-14H2,1-3H3,(H,26,27)(H,28,29,30). The van der Waals surface area contributed by atoms with E-state index in [1.54, 1.807) is 18.5 Å². The van der Waals surface area contributed by atoms with Gasteiger partial charge in [-0.2, -0.15) is 0 Å². The van der Waals surface area contributed by atoms with E-state index in [0.29, 0.717) is 5.82 Å². The number of carbonyl (C=O) groups excluding carboxylic acids is 1. The summed E-state index contributed by atoms with van der Waals surface area (Å²) >= 11 is 0. The maximum absolute atomic E-state index is 12.4. The number of aliphatic hydroxyl groups is 1. The molecule has 0 atom stereocenters. The van der Waals surface area contributed by atoms with Gasteiger partial charge in [-0.3, -0.25) is 4.79 Å². The first-order valence-electron chi connectivity index (χ1n) is 10.9. The molecule has 0 unspecified atom stereocenters. The number of aromatic amines is 1. The van der Waals surface area contributed by atoms with Crippen LogP contribution in [0, 0.1) is 0 Å². The van der Waals surface area contributed by atoms with Gasteiger partial charge in [0.05, 0.1) is 19.6 Å². The Morgan fingerprint density at radius 1 is 1.18 bits per heavy atom. The van der Waals surface area contributed by atoms with Gasteiger partial charge in [-0.15, -0.1) is 0 Å². The van der Waals surface area contributed by atoms with Crippen molar-refractivity contribution >= 4 is 22.8 Å². The molecule has 1 amide bonds. The van der Waals surface area contributed by atoms with Gasteiger partial charge in [-0.25, -0.2) is 4.98 Å². The number of benzene rings is 1. The molecule has 0 aliphatic carbocycles. The minimum Gasteiger partial charge on any atom is -0.380 e. The summed E-state index contributed by atoms with van der Waals surface area (Å²) in [5.74, 6) is 0.976. The third kappa shape index (κ3) is 4.15. The molecular formula is C25H26N4O4. The summed E-state index contributed by atoms with van der Waals surface area (Å²) in [6.07, 6.45) is 3.82. The quantitative estimate of drug-likeness (QED) is 0.428. The summed E-state index contributed by atoms with van der Waals surface area (Å²) < 4.78 is 10.5. The van der Waals surface area contributed by atoms with Crippen LogP contribution >= 0.6 is 0 Å². The number of anilines is 1. The average Bonchev–Trinajstić information content (AvgIpc) is 3.39. The lowest BCUT2D eigenvalue weighted by Gasteiger charge is -2.36. The molecule has 1 saturated heterocycles.